The fourth-order valence-corrected chi connectivity index (χ4v) is 3.69. The van der Waals surface area contributed by atoms with Gasteiger partial charge in [-0.25, -0.2) is 9.97 Å². The summed E-state index contributed by atoms with van der Waals surface area (Å²) in [5.74, 6) is 2.30. The molecule has 0 amide bonds. The van der Waals surface area contributed by atoms with Crippen molar-refractivity contribution >= 4 is 11.6 Å². The van der Waals surface area contributed by atoms with Crippen LogP contribution >= 0.6 is 11.6 Å². The van der Waals surface area contributed by atoms with Crippen molar-refractivity contribution in [2.45, 2.75) is 19.5 Å². The summed E-state index contributed by atoms with van der Waals surface area (Å²) < 4.78 is 11.0. The Balaban J connectivity index is 1.52. The standard InChI is InChI=1S/C22H22ClN3O2/c1-27-20-5-3-4-16(21(20)28-2)13-26-11-10-19-17(14-26)12-24-22(25-19)15-6-8-18(23)9-7-15/h3-9,12H,10-11,13-14H2,1-2H3. The molecule has 4 rings (SSSR count). The smallest absolute Gasteiger partial charge is 0.165 e. The van der Waals surface area contributed by atoms with Crippen LogP contribution < -0.4 is 9.47 Å². The van der Waals surface area contributed by atoms with E-state index in [-0.39, 0.29) is 0 Å². The molecule has 1 aliphatic rings. The lowest BCUT2D eigenvalue weighted by atomic mass is 10.1. The molecule has 0 saturated carbocycles. The average Bonchev–Trinajstić information content (AvgIpc) is 2.73. The molecule has 0 unspecified atom stereocenters. The predicted molar refractivity (Wildman–Crippen MR) is 110 cm³/mol. The van der Waals surface area contributed by atoms with Gasteiger partial charge < -0.3 is 9.47 Å². The normalized spacial score (nSPS) is 13.8. The maximum atomic E-state index is 5.97. The summed E-state index contributed by atoms with van der Waals surface area (Å²) in [5.41, 5.74) is 4.39. The molecule has 28 heavy (non-hydrogen) atoms. The Kier molecular flexibility index (Phi) is 5.46. The fourth-order valence-electron chi connectivity index (χ4n) is 3.57. The zero-order valence-corrected chi connectivity index (χ0v) is 16.7. The van der Waals surface area contributed by atoms with Gasteiger partial charge in [-0.05, 0) is 30.3 Å². The molecule has 6 heteroatoms. The Morgan fingerprint density at radius 3 is 2.64 bits per heavy atom. The Morgan fingerprint density at radius 2 is 1.89 bits per heavy atom. The van der Waals surface area contributed by atoms with E-state index in [0.717, 1.165) is 60.2 Å². The van der Waals surface area contributed by atoms with Crippen LogP contribution in [0.5, 0.6) is 11.5 Å². The van der Waals surface area contributed by atoms with Crippen molar-refractivity contribution in [3.05, 3.63) is 70.5 Å². The van der Waals surface area contributed by atoms with Crippen LogP contribution in [0.15, 0.2) is 48.7 Å². The lowest BCUT2D eigenvalue weighted by Gasteiger charge is -2.28. The fraction of sp³-hybridized carbons (Fsp3) is 0.273. The minimum atomic E-state index is 0.713. The molecule has 0 aliphatic carbocycles. The highest BCUT2D eigenvalue weighted by atomic mass is 35.5. The number of hydrogen-bond acceptors (Lipinski definition) is 5. The molecule has 2 aromatic carbocycles. The monoisotopic (exact) mass is 395 g/mol. The molecule has 3 aromatic rings. The third kappa shape index (κ3) is 3.81. The van der Waals surface area contributed by atoms with Gasteiger partial charge in [-0.15, -0.1) is 0 Å². The molecular weight excluding hydrogens is 374 g/mol. The van der Waals surface area contributed by atoms with Gasteiger partial charge in [-0.1, -0.05) is 23.7 Å². The minimum absolute atomic E-state index is 0.713. The predicted octanol–water partition coefficient (Wildman–Crippen LogP) is 4.37. The number of hydrogen-bond donors (Lipinski definition) is 0. The minimum Gasteiger partial charge on any atom is -0.493 e. The second-order valence-corrected chi connectivity index (χ2v) is 7.22. The van der Waals surface area contributed by atoms with Gasteiger partial charge in [0.05, 0.1) is 19.9 Å². The van der Waals surface area contributed by atoms with Gasteiger partial charge in [0.1, 0.15) is 0 Å². The van der Waals surface area contributed by atoms with E-state index < -0.39 is 0 Å². The van der Waals surface area contributed by atoms with E-state index in [4.69, 9.17) is 26.1 Å². The molecule has 0 fully saturated rings. The summed E-state index contributed by atoms with van der Waals surface area (Å²) in [7, 11) is 3.34. The molecule has 0 N–H and O–H groups in total. The van der Waals surface area contributed by atoms with Crippen LogP contribution in [0.4, 0.5) is 0 Å². The van der Waals surface area contributed by atoms with Crippen molar-refractivity contribution in [3.8, 4) is 22.9 Å². The first-order valence-corrected chi connectivity index (χ1v) is 9.58. The molecular formula is C22H22ClN3O2. The largest absolute Gasteiger partial charge is 0.493 e. The maximum Gasteiger partial charge on any atom is 0.165 e. The number of halogens is 1. The number of fused-ring (bicyclic) bond motifs is 1. The molecule has 144 valence electrons. The lowest BCUT2D eigenvalue weighted by molar-refractivity contribution is 0.238. The zero-order chi connectivity index (χ0) is 19.5. The van der Waals surface area contributed by atoms with Gasteiger partial charge in [0, 0.05) is 54.0 Å². The highest BCUT2D eigenvalue weighted by Gasteiger charge is 2.21. The molecule has 0 radical (unpaired) electrons. The Hall–Kier alpha value is -2.63. The molecule has 0 atom stereocenters. The second kappa shape index (κ2) is 8.17. The average molecular weight is 396 g/mol. The molecule has 0 bridgehead atoms. The highest BCUT2D eigenvalue weighted by Crippen LogP contribution is 2.32. The van der Waals surface area contributed by atoms with Gasteiger partial charge in [-0.3, -0.25) is 4.90 Å². The van der Waals surface area contributed by atoms with Crippen LogP contribution in [-0.2, 0) is 19.5 Å². The summed E-state index contributed by atoms with van der Waals surface area (Å²) in [6, 6.07) is 13.6. The Bertz CT molecular complexity index is 976. The van der Waals surface area contributed by atoms with E-state index in [2.05, 4.69) is 16.0 Å². The van der Waals surface area contributed by atoms with Crippen LogP contribution in [-0.4, -0.2) is 35.6 Å². The summed E-state index contributed by atoms with van der Waals surface area (Å²) in [6.07, 6.45) is 2.84. The molecule has 0 saturated heterocycles. The van der Waals surface area contributed by atoms with Crippen LogP contribution in [0.1, 0.15) is 16.8 Å². The number of nitrogens with zero attached hydrogens (tertiary/aromatic N) is 3. The van der Waals surface area contributed by atoms with Crippen LogP contribution in [0.2, 0.25) is 5.02 Å². The number of para-hydroxylation sites is 1. The van der Waals surface area contributed by atoms with Crippen LogP contribution in [0.25, 0.3) is 11.4 Å². The first-order valence-electron chi connectivity index (χ1n) is 9.21. The van der Waals surface area contributed by atoms with Gasteiger partial charge in [-0.2, -0.15) is 0 Å². The maximum absolute atomic E-state index is 5.97. The first-order chi connectivity index (χ1) is 13.7. The van der Waals surface area contributed by atoms with Gasteiger partial charge in [0.15, 0.2) is 17.3 Å². The van der Waals surface area contributed by atoms with Crippen molar-refractivity contribution in [1.82, 2.24) is 14.9 Å². The summed E-state index contributed by atoms with van der Waals surface area (Å²) in [6.45, 7) is 2.54. The van der Waals surface area contributed by atoms with E-state index >= 15 is 0 Å². The van der Waals surface area contributed by atoms with Crippen LogP contribution in [0.3, 0.4) is 0 Å². The summed E-state index contributed by atoms with van der Waals surface area (Å²) >= 11 is 5.97. The number of aromatic nitrogens is 2. The Morgan fingerprint density at radius 1 is 1.07 bits per heavy atom. The number of ether oxygens (including phenoxy) is 2. The molecule has 5 nitrogen and oxygen atoms in total. The topological polar surface area (TPSA) is 47.5 Å². The molecule has 1 aliphatic heterocycles. The van der Waals surface area contributed by atoms with E-state index in [9.17, 15) is 0 Å². The van der Waals surface area contributed by atoms with Crippen LogP contribution in [0, 0.1) is 0 Å². The zero-order valence-electron chi connectivity index (χ0n) is 16.0. The van der Waals surface area contributed by atoms with E-state index in [0.29, 0.717) is 5.02 Å². The molecule has 1 aromatic heterocycles. The van der Waals surface area contributed by atoms with Crippen molar-refractivity contribution < 1.29 is 9.47 Å². The quantitative estimate of drug-likeness (QED) is 0.641. The van der Waals surface area contributed by atoms with Crippen molar-refractivity contribution in [2.24, 2.45) is 0 Å². The highest BCUT2D eigenvalue weighted by molar-refractivity contribution is 6.30. The van der Waals surface area contributed by atoms with Gasteiger partial charge in [0.2, 0.25) is 0 Å². The number of rotatable bonds is 5. The first kappa shape index (κ1) is 18.7. The molecule has 2 heterocycles. The van der Waals surface area contributed by atoms with Crippen molar-refractivity contribution in [1.29, 1.82) is 0 Å². The summed E-state index contributed by atoms with van der Waals surface area (Å²) in [4.78, 5) is 11.7. The van der Waals surface area contributed by atoms with Crippen molar-refractivity contribution in [2.75, 3.05) is 20.8 Å². The Labute approximate surface area is 169 Å². The second-order valence-electron chi connectivity index (χ2n) is 6.79. The van der Waals surface area contributed by atoms with E-state index in [1.54, 1.807) is 14.2 Å². The van der Waals surface area contributed by atoms with E-state index in [1.165, 1.54) is 5.56 Å². The van der Waals surface area contributed by atoms with Crippen molar-refractivity contribution in [3.63, 3.8) is 0 Å². The third-order valence-electron chi connectivity index (χ3n) is 4.99. The third-order valence-corrected chi connectivity index (χ3v) is 5.25. The summed E-state index contributed by atoms with van der Waals surface area (Å²) in [5, 5.41) is 0.713. The van der Waals surface area contributed by atoms with E-state index in [1.807, 2.05) is 42.6 Å². The number of methoxy groups -OCH3 is 2. The van der Waals surface area contributed by atoms with Gasteiger partial charge in [0.25, 0.3) is 0 Å². The SMILES string of the molecule is COc1cccc(CN2CCc3nc(-c4ccc(Cl)cc4)ncc3C2)c1OC. The van der Waals surface area contributed by atoms with Gasteiger partial charge >= 0.3 is 0 Å². The number of benzene rings is 2. The lowest BCUT2D eigenvalue weighted by Crippen LogP contribution is -2.31. The molecule has 0 spiro atoms.